The Bertz CT molecular complexity index is 981. The third-order valence-corrected chi connectivity index (χ3v) is 8.09. The molecule has 0 spiro atoms. The number of hydrogen-bond donors (Lipinski definition) is 0. The minimum Gasteiger partial charge on any atom is -0.359 e. The summed E-state index contributed by atoms with van der Waals surface area (Å²) in [4.78, 5) is 2.54. The highest BCUT2D eigenvalue weighted by Gasteiger charge is 2.42. The predicted molar refractivity (Wildman–Crippen MR) is 96.8 cm³/mol. The van der Waals surface area contributed by atoms with Gasteiger partial charge in [-0.3, -0.25) is 0 Å². The van der Waals surface area contributed by atoms with Crippen LogP contribution in [0, 0.1) is 0 Å². The van der Waals surface area contributed by atoms with E-state index in [1.54, 1.807) is 24.3 Å². The fraction of sp³-hybridized carbons (Fsp3) is 0.133. The molecule has 0 bridgehead atoms. The van der Waals surface area contributed by atoms with E-state index in [1.165, 1.54) is 24.3 Å². The van der Waals surface area contributed by atoms with Gasteiger partial charge in [0, 0.05) is 10.0 Å². The van der Waals surface area contributed by atoms with Crippen LogP contribution in [-0.4, -0.2) is 26.0 Å². The van der Waals surface area contributed by atoms with Crippen LogP contribution in [0.15, 0.2) is 48.5 Å². The summed E-state index contributed by atoms with van der Waals surface area (Å²) >= 11 is 11.8. The average molecular weight is 419 g/mol. The van der Waals surface area contributed by atoms with Gasteiger partial charge in [0.1, 0.15) is 0 Å². The van der Waals surface area contributed by atoms with Crippen LogP contribution in [0.4, 0.5) is 0 Å². The molecule has 0 radical (unpaired) electrons. The molecule has 0 aromatic heterocycles. The first kappa shape index (κ1) is 19.6. The summed E-state index contributed by atoms with van der Waals surface area (Å²) in [6, 6.07) is 12.2. The van der Waals surface area contributed by atoms with Gasteiger partial charge in [-0.1, -0.05) is 59.6 Å². The lowest BCUT2D eigenvalue weighted by Gasteiger charge is -2.05. The molecule has 0 unspecified atom stereocenters. The first-order valence-corrected chi connectivity index (χ1v) is 10.9. The normalized spacial score (nSPS) is 11.8. The minimum atomic E-state index is -4.45. The lowest BCUT2D eigenvalue weighted by Crippen LogP contribution is -2.28. The van der Waals surface area contributed by atoms with Crippen LogP contribution in [0.2, 0.25) is 10.0 Å². The molecule has 0 amide bonds. The van der Waals surface area contributed by atoms with Gasteiger partial charge in [-0.15, -0.1) is 4.79 Å². The molecular formula is C15H12Cl2N2O4S2. The molecule has 2 aromatic carbocycles. The number of sulfone groups is 2. The van der Waals surface area contributed by atoms with Gasteiger partial charge in [0.15, 0.2) is 0 Å². The van der Waals surface area contributed by atoms with Crippen LogP contribution in [0.5, 0.6) is 0 Å². The summed E-state index contributed by atoms with van der Waals surface area (Å²) in [5.41, 5.74) is 9.44. The maximum atomic E-state index is 12.4. The van der Waals surface area contributed by atoms with Crippen LogP contribution in [0.3, 0.4) is 0 Å². The van der Waals surface area contributed by atoms with Crippen LogP contribution >= 0.6 is 23.2 Å². The van der Waals surface area contributed by atoms with Crippen molar-refractivity contribution in [3.8, 4) is 0 Å². The molecule has 2 rings (SSSR count). The highest BCUT2D eigenvalue weighted by molar-refractivity contribution is 8.30. The number of halogens is 2. The summed E-state index contributed by atoms with van der Waals surface area (Å²) in [5.74, 6) is -1.43. The number of hydrogen-bond acceptors (Lipinski definition) is 4. The number of rotatable bonds is 4. The Morgan fingerprint density at radius 3 is 1.48 bits per heavy atom. The van der Waals surface area contributed by atoms with E-state index in [1.807, 2.05) is 0 Å². The molecule has 0 saturated heterocycles. The van der Waals surface area contributed by atoms with E-state index < -0.39 is 35.6 Å². The molecule has 0 aliphatic heterocycles. The van der Waals surface area contributed by atoms with Crippen LogP contribution in [-0.2, 0) is 31.2 Å². The molecule has 0 heterocycles. The van der Waals surface area contributed by atoms with Crippen LogP contribution in [0.25, 0.3) is 5.53 Å². The van der Waals surface area contributed by atoms with Crippen molar-refractivity contribution in [3.63, 3.8) is 0 Å². The summed E-state index contributed by atoms with van der Waals surface area (Å²) in [6.45, 7) is 0. The molecular weight excluding hydrogens is 407 g/mol. The van der Waals surface area contributed by atoms with Crippen molar-refractivity contribution in [1.82, 2.24) is 0 Å². The van der Waals surface area contributed by atoms with Crippen molar-refractivity contribution in [3.05, 3.63) is 75.2 Å². The van der Waals surface area contributed by atoms with Gasteiger partial charge in [0.05, 0.1) is 11.5 Å². The van der Waals surface area contributed by atoms with Crippen molar-refractivity contribution in [2.75, 3.05) is 0 Å². The van der Waals surface area contributed by atoms with Gasteiger partial charge in [0.25, 0.3) is 19.7 Å². The second kappa shape index (κ2) is 7.68. The van der Waals surface area contributed by atoms with Crippen LogP contribution in [0.1, 0.15) is 11.1 Å². The standard InChI is InChI=1S/C15H12Cl2N2O4S2/c16-13-7-3-1-5-11(13)9-24(20,21)15(19-18)25(22,23)10-12-6-2-4-8-14(12)17/h1-8H,9-10H2. The van der Waals surface area contributed by atoms with Crippen molar-refractivity contribution >= 4 is 47.3 Å². The van der Waals surface area contributed by atoms with Crippen molar-refractivity contribution in [1.29, 1.82) is 0 Å². The molecule has 132 valence electrons. The lowest BCUT2D eigenvalue weighted by molar-refractivity contribution is 0.00377. The van der Waals surface area contributed by atoms with Gasteiger partial charge in [0.2, 0.25) is 0 Å². The second-order valence-electron chi connectivity index (χ2n) is 5.07. The van der Waals surface area contributed by atoms with E-state index in [0.29, 0.717) is 0 Å². The van der Waals surface area contributed by atoms with Gasteiger partial charge < -0.3 is 5.53 Å². The van der Waals surface area contributed by atoms with E-state index in [2.05, 4.69) is 4.79 Å². The molecule has 0 N–H and O–H groups in total. The Balaban J connectivity index is 2.39. The van der Waals surface area contributed by atoms with Gasteiger partial charge >= 0.3 is 4.38 Å². The molecule has 25 heavy (non-hydrogen) atoms. The third kappa shape index (κ3) is 4.68. The molecule has 0 saturated carbocycles. The summed E-state index contributed by atoms with van der Waals surface area (Å²) in [6.07, 6.45) is 0. The Kier molecular flexibility index (Phi) is 6.03. The Morgan fingerprint density at radius 1 is 0.800 bits per heavy atom. The molecule has 6 nitrogen and oxygen atoms in total. The van der Waals surface area contributed by atoms with E-state index in [-0.39, 0.29) is 21.2 Å². The highest BCUT2D eigenvalue weighted by atomic mass is 35.5. The average Bonchev–Trinajstić information content (AvgIpc) is 2.51. The van der Waals surface area contributed by atoms with E-state index >= 15 is 0 Å². The molecule has 0 aliphatic rings. The Morgan fingerprint density at radius 2 is 1.16 bits per heavy atom. The van der Waals surface area contributed by atoms with Gasteiger partial charge in [-0.2, -0.15) is 0 Å². The largest absolute Gasteiger partial charge is 0.495 e. The van der Waals surface area contributed by atoms with E-state index in [0.717, 1.165) is 0 Å². The number of nitrogens with zero attached hydrogens (tertiary/aromatic N) is 2. The van der Waals surface area contributed by atoms with Crippen LogP contribution < -0.4 is 0 Å². The maximum absolute atomic E-state index is 12.4. The highest BCUT2D eigenvalue weighted by Crippen LogP contribution is 2.22. The lowest BCUT2D eigenvalue weighted by atomic mass is 10.2. The fourth-order valence-electron chi connectivity index (χ4n) is 2.08. The smallest absolute Gasteiger partial charge is 0.359 e. The number of benzene rings is 2. The molecule has 0 atom stereocenters. The monoisotopic (exact) mass is 418 g/mol. The van der Waals surface area contributed by atoms with Crippen molar-refractivity contribution in [2.45, 2.75) is 11.5 Å². The zero-order valence-corrected chi connectivity index (χ0v) is 15.8. The third-order valence-electron chi connectivity index (χ3n) is 3.22. The van der Waals surface area contributed by atoms with Gasteiger partial charge in [-0.25, -0.2) is 16.8 Å². The first-order chi connectivity index (χ1) is 11.7. The zero-order chi connectivity index (χ0) is 18.7. The SMILES string of the molecule is [N-]=[N+]=C(S(=O)(=O)Cc1ccccc1Cl)S(=O)(=O)Cc1ccccc1Cl. The quantitative estimate of drug-likeness (QED) is 0.329. The topological polar surface area (TPSA) is 105 Å². The zero-order valence-electron chi connectivity index (χ0n) is 12.6. The maximum Gasteiger partial charge on any atom is 0.495 e. The minimum absolute atomic E-state index is 0.159. The first-order valence-electron chi connectivity index (χ1n) is 6.82. The summed E-state index contributed by atoms with van der Waals surface area (Å²) in [7, 11) is -8.91. The van der Waals surface area contributed by atoms with E-state index in [4.69, 9.17) is 28.7 Å². The predicted octanol–water partition coefficient (Wildman–Crippen LogP) is 3.11. The van der Waals surface area contributed by atoms with Gasteiger partial charge in [-0.05, 0) is 23.3 Å². The van der Waals surface area contributed by atoms with Crippen molar-refractivity contribution < 1.29 is 21.6 Å². The molecule has 2 aromatic rings. The van der Waals surface area contributed by atoms with E-state index in [9.17, 15) is 16.8 Å². The second-order valence-corrected chi connectivity index (χ2v) is 9.95. The van der Waals surface area contributed by atoms with Crippen molar-refractivity contribution in [2.24, 2.45) is 0 Å². The Hall–Kier alpha value is -1.70. The molecule has 10 heteroatoms. The summed E-state index contributed by atoms with van der Waals surface area (Å²) < 4.78 is 48.5. The Labute approximate surface area is 155 Å². The molecule has 0 aliphatic carbocycles. The summed E-state index contributed by atoms with van der Waals surface area (Å²) in [5, 5.41) is 0.318. The molecule has 0 fully saturated rings. The fourth-order valence-corrected chi connectivity index (χ4v) is 6.36.